The van der Waals surface area contributed by atoms with Gasteiger partial charge in [-0.25, -0.2) is 4.79 Å². The highest BCUT2D eigenvalue weighted by Gasteiger charge is 2.17. The number of esters is 1. The predicted molar refractivity (Wildman–Crippen MR) is 49.1 cm³/mol. The highest BCUT2D eigenvalue weighted by Crippen LogP contribution is 1.94. The molecule has 13 heavy (non-hydrogen) atoms. The minimum absolute atomic E-state index is 0.114. The van der Waals surface area contributed by atoms with Gasteiger partial charge < -0.3 is 10.1 Å². The number of carbonyl (C=O) groups excluding carboxylic acids is 2. The first-order chi connectivity index (χ1) is 5.99. The van der Waals surface area contributed by atoms with Crippen molar-refractivity contribution in [2.75, 3.05) is 6.61 Å². The van der Waals surface area contributed by atoms with Crippen molar-refractivity contribution in [3.05, 3.63) is 0 Å². The molecule has 0 aliphatic rings. The van der Waals surface area contributed by atoms with Gasteiger partial charge in [0.25, 0.3) is 0 Å². The van der Waals surface area contributed by atoms with Crippen LogP contribution in [0.2, 0.25) is 0 Å². The standard InChI is InChI=1S/C9H17NO3/c1-5-13-9(12)7(4)10-8(11)6(2)3/h6-7H,5H2,1-4H3,(H,10,11)/t7-/m1/s1. The lowest BCUT2D eigenvalue weighted by Crippen LogP contribution is -2.41. The molecule has 1 N–H and O–H groups in total. The summed E-state index contributed by atoms with van der Waals surface area (Å²) in [6.07, 6.45) is 0. The Bertz CT molecular complexity index is 189. The summed E-state index contributed by atoms with van der Waals surface area (Å²) in [6, 6.07) is -0.560. The molecule has 0 fully saturated rings. The van der Waals surface area contributed by atoms with Crippen molar-refractivity contribution in [3.63, 3.8) is 0 Å². The summed E-state index contributed by atoms with van der Waals surface area (Å²) >= 11 is 0. The van der Waals surface area contributed by atoms with Crippen LogP contribution in [0.3, 0.4) is 0 Å². The van der Waals surface area contributed by atoms with Crippen molar-refractivity contribution in [1.82, 2.24) is 5.32 Å². The lowest BCUT2D eigenvalue weighted by atomic mass is 10.2. The number of carbonyl (C=O) groups is 2. The van der Waals surface area contributed by atoms with Gasteiger partial charge in [-0.2, -0.15) is 0 Å². The van der Waals surface area contributed by atoms with E-state index in [4.69, 9.17) is 4.74 Å². The van der Waals surface area contributed by atoms with Crippen LogP contribution in [-0.2, 0) is 14.3 Å². The molecular formula is C9H17NO3. The van der Waals surface area contributed by atoms with Crippen LogP contribution in [-0.4, -0.2) is 24.5 Å². The molecule has 0 saturated heterocycles. The monoisotopic (exact) mass is 187 g/mol. The molecule has 4 heteroatoms. The first kappa shape index (κ1) is 11.9. The summed E-state index contributed by atoms with van der Waals surface area (Å²) in [5.74, 6) is -0.645. The summed E-state index contributed by atoms with van der Waals surface area (Å²) < 4.78 is 4.73. The second-order valence-electron chi connectivity index (χ2n) is 3.14. The molecule has 1 atom stereocenters. The second-order valence-corrected chi connectivity index (χ2v) is 3.14. The van der Waals surface area contributed by atoms with E-state index in [0.717, 1.165) is 0 Å². The van der Waals surface area contributed by atoms with Crippen molar-refractivity contribution in [2.45, 2.75) is 33.7 Å². The van der Waals surface area contributed by atoms with E-state index in [0.29, 0.717) is 6.61 Å². The molecule has 4 nitrogen and oxygen atoms in total. The van der Waals surface area contributed by atoms with Gasteiger partial charge in [0, 0.05) is 5.92 Å². The smallest absolute Gasteiger partial charge is 0.328 e. The molecule has 0 aliphatic heterocycles. The topological polar surface area (TPSA) is 55.4 Å². The molecule has 0 aliphatic carbocycles. The fourth-order valence-corrected chi connectivity index (χ4v) is 0.706. The SMILES string of the molecule is CCOC(=O)[C@@H](C)NC(=O)C(C)C. The molecule has 0 unspecified atom stereocenters. The molecule has 0 aromatic rings. The van der Waals surface area contributed by atoms with Gasteiger partial charge in [-0.3, -0.25) is 4.79 Å². The van der Waals surface area contributed by atoms with Crippen LogP contribution in [0, 0.1) is 5.92 Å². The fourth-order valence-electron chi connectivity index (χ4n) is 0.706. The Balaban J connectivity index is 3.92. The van der Waals surface area contributed by atoms with E-state index < -0.39 is 12.0 Å². The summed E-state index contributed by atoms with van der Waals surface area (Å²) in [4.78, 5) is 22.2. The second kappa shape index (κ2) is 5.56. The number of hydrogen-bond acceptors (Lipinski definition) is 3. The molecule has 76 valence electrons. The van der Waals surface area contributed by atoms with Gasteiger partial charge >= 0.3 is 5.97 Å². The minimum Gasteiger partial charge on any atom is -0.464 e. The molecule has 0 radical (unpaired) electrons. The Morgan fingerprint density at radius 1 is 1.31 bits per heavy atom. The van der Waals surface area contributed by atoms with Gasteiger partial charge in [-0.1, -0.05) is 13.8 Å². The van der Waals surface area contributed by atoms with Crippen molar-refractivity contribution in [1.29, 1.82) is 0 Å². The number of rotatable bonds is 4. The predicted octanol–water partition coefficient (Wildman–Crippen LogP) is 0.710. The third-order valence-corrected chi connectivity index (χ3v) is 1.52. The molecular weight excluding hydrogens is 170 g/mol. The summed E-state index contributed by atoms with van der Waals surface area (Å²) in [7, 11) is 0. The van der Waals surface area contributed by atoms with E-state index in [1.807, 2.05) is 0 Å². The van der Waals surface area contributed by atoms with E-state index in [1.54, 1.807) is 27.7 Å². The zero-order valence-electron chi connectivity index (χ0n) is 8.59. The summed E-state index contributed by atoms with van der Waals surface area (Å²) in [5.41, 5.74) is 0. The van der Waals surface area contributed by atoms with Crippen LogP contribution in [0.5, 0.6) is 0 Å². The van der Waals surface area contributed by atoms with E-state index >= 15 is 0 Å². The normalized spacial score (nSPS) is 12.4. The van der Waals surface area contributed by atoms with Gasteiger partial charge in [0.2, 0.25) is 5.91 Å². The van der Waals surface area contributed by atoms with Crippen LogP contribution < -0.4 is 5.32 Å². The molecule has 0 spiro atoms. The number of nitrogens with one attached hydrogen (secondary N) is 1. The summed E-state index contributed by atoms with van der Waals surface area (Å²) in [5, 5.41) is 2.55. The third kappa shape index (κ3) is 4.50. The largest absolute Gasteiger partial charge is 0.464 e. The zero-order valence-corrected chi connectivity index (χ0v) is 8.59. The Labute approximate surface area is 78.6 Å². The minimum atomic E-state index is -0.560. The maximum absolute atomic E-state index is 11.1. The molecule has 0 aromatic heterocycles. The molecule has 0 heterocycles. The first-order valence-corrected chi connectivity index (χ1v) is 4.46. The van der Waals surface area contributed by atoms with E-state index in [-0.39, 0.29) is 11.8 Å². The van der Waals surface area contributed by atoms with Crippen molar-refractivity contribution in [2.24, 2.45) is 5.92 Å². The molecule has 0 rings (SSSR count). The molecule has 0 aromatic carbocycles. The van der Waals surface area contributed by atoms with Crippen molar-refractivity contribution < 1.29 is 14.3 Å². The van der Waals surface area contributed by atoms with Gasteiger partial charge in [0.05, 0.1) is 6.61 Å². The van der Waals surface area contributed by atoms with Gasteiger partial charge in [-0.15, -0.1) is 0 Å². The number of ether oxygens (including phenoxy) is 1. The Hall–Kier alpha value is -1.06. The van der Waals surface area contributed by atoms with Crippen LogP contribution >= 0.6 is 0 Å². The Morgan fingerprint density at radius 3 is 2.23 bits per heavy atom. The molecule has 1 amide bonds. The number of hydrogen-bond donors (Lipinski definition) is 1. The lowest BCUT2D eigenvalue weighted by Gasteiger charge is -2.13. The van der Waals surface area contributed by atoms with Crippen LogP contribution in [0.15, 0.2) is 0 Å². The summed E-state index contributed by atoms with van der Waals surface area (Å²) in [6.45, 7) is 7.22. The quantitative estimate of drug-likeness (QED) is 0.659. The van der Waals surface area contributed by atoms with E-state index in [2.05, 4.69) is 5.32 Å². The average Bonchev–Trinajstić information content (AvgIpc) is 2.04. The van der Waals surface area contributed by atoms with Crippen LogP contribution in [0.25, 0.3) is 0 Å². The van der Waals surface area contributed by atoms with Gasteiger partial charge in [-0.05, 0) is 13.8 Å². The highest BCUT2D eigenvalue weighted by molar-refractivity contribution is 5.85. The highest BCUT2D eigenvalue weighted by atomic mass is 16.5. The van der Waals surface area contributed by atoms with Crippen LogP contribution in [0.4, 0.5) is 0 Å². The fraction of sp³-hybridized carbons (Fsp3) is 0.778. The zero-order chi connectivity index (χ0) is 10.4. The van der Waals surface area contributed by atoms with Crippen LogP contribution in [0.1, 0.15) is 27.7 Å². The maximum atomic E-state index is 11.1. The van der Waals surface area contributed by atoms with Crippen molar-refractivity contribution in [3.8, 4) is 0 Å². The maximum Gasteiger partial charge on any atom is 0.328 e. The molecule has 0 saturated carbocycles. The molecule has 0 bridgehead atoms. The van der Waals surface area contributed by atoms with Gasteiger partial charge in [0.15, 0.2) is 0 Å². The third-order valence-electron chi connectivity index (χ3n) is 1.52. The number of amides is 1. The average molecular weight is 187 g/mol. The first-order valence-electron chi connectivity index (χ1n) is 4.46. The Kier molecular flexibility index (Phi) is 5.11. The van der Waals surface area contributed by atoms with E-state index in [1.165, 1.54) is 0 Å². The van der Waals surface area contributed by atoms with Gasteiger partial charge in [0.1, 0.15) is 6.04 Å². The lowest BCUT2D eigenvalue weighted by molar-refractivity contribution is -0.147. The Morgan fingerprint density at radius 2 is 1.85 bits per heavy atom. The van der Waals surface area contributed by atoms with Crippen molar-refractivity contribution >= 4 is 11.9 Å². The van der Waals surface area contributed by atoms with E-state index in [9.17, 15) is 9.59 Å².